The molecule has 1 aromatic carbocycles. The third-order valence-electron chi connectivity index (χ3n) is 3.74. The third kappa shape index (κ3) is 5.63. The number of hydrogen-bond acceptors (Lipinski definition) is 4. The first-order valence-corrected chi connectivity index (χ1v) is 8.61. The Morgan fingerprint density at radius 3 is 2.84 bits per heavy atom. The van der Waals surface area contributed by atoms with Crippen LogP contribution in [0.5, 0.6) is 5.75 Å². The SMILES string of the molecule is CCNC(=NCc1nnc(C)n1C)N(C)CCOc1cccc(Cl)c1. The average Bonchev–Trinajstić information content (AvgIpc) is 2.90. The number of likely N-dealkylation sites (N-methyl/N-ethyl adjacent to an activating group) is 1. The van der Waals surface area contributed by atoms with Crippen LogP contribution >= 0.6 is 11.6 Å². The van der Waals surface area contributed by atoms with Crippen LogP contribution in [-0.2, 0) is 13.6 Å². The lowest BCUT2D eigenvalue weighted by atomic mass is 10.3. The summed E-state index contributed by atoms with van der Waals surface area (Å²) in [4.78, 5) is 6.65. The molecule has 2 aromatic rings. The largest absolute Gasteiger partial charge is 0.492 e. The maximum absolute atomic E-state index is 5.96. The first-order valence-electron chi connectivity index (χ1n) is 8.24. The first kappa shape index (κ1) is 19.1. The molecule has 1 N–H and O–H groups in total. The maximum Gasteiger partial charge on any atom is 0.194 e. The van der Waals surface area contributed by atoms with Crippen molar-refractivity contribution in [2.24, 2.45) is 12.0 Å². The standard InChI is InChI=1S/C17H25ClN6O/c1-5-19-17(20-12-16-22-21-13(2)24(16)4)23(3)9-10-25-15-8-6-7-14(18)11-15/h6-8,11H,5,9-10,12H2,1-4H3,(H,19,20). The van der Waals surface area contributed by atoms with Gasteiger partial charge in [-0.1, -0.05) is 17.7 Å². The van der Waals surface area contributed by atoms with E-state index in [1.165, 1.54) is 0 Å². The molecule has 8 heteroatoms. The van der Waals surface area contributed by atoms with Crippen LogP contribution in [0.15, 0.2) is 29.3 Å². The highest BCUT2D eigenvalue weighted by molar-refractivity contribution is 6.30. The summed E-state index contributed by atoms with van der Waals surface area (Å²) in [7, 11) is 3.92. The minimum atomic E-state index is 0.471. The Morgan fingerprint density at radius 2 is 2.20 bits per heavy atom. The van der Waals surface area contributed by atoms with Crippen molar-refractivity contribution in [3.8, 4) is 5.75 Å². The molecular formula is C17H25ClN6O. The fourth-order valence-corrected chi connectivity index (χ4v) is 2.35. The number of rotatable bonds is 7. The second-order valence-corrected chi connectivity index (χ2v) is 6.06. The highest BCUT2D eigenvalue weighted by Gasteiger charge is 2.08. The predicted molar refractivity (Wildman–Crippen MR) is 100 cm³/mol. The zero-order chi connectivity index (χ0) is 18.2. The van der Waals surface area contributed by atoms with Crippen LogP contribution in [0.2, 0.25) is 5.02 Å². The second-order valence-electron chi connectivity index (χ2n) is 5.62. The van der Waals surface area contributed by atoms with Crippen LogP contribution in [0.3, 0.4) is 0 Å². The van der Waals surface area contributed by atoms with Gasteiger partial charge in [-0.25, -0.2) is 4.99 Å². The summed E-state index contributed by atoms with van der Waals surface area (Å²) in [6, 6.07) is 7.39. The Kier molecular flexibility index (Phi) is 7.06. The van der Waals surface area contributed by atoms with E-state index in [-0.39, 0.29) is 0 Å². The zero-order valence-electron chi connectivity index (χ0n) is 15.2. The highest BCUT2D eigenvalue weighted by atomic mass is 35.5. The van der Waals surface area contributed by atoms with Gasteiger partial charge in [-0.3, -0.25) is 0 Å². The molecule has 0 saturated carbocycles. The molecule has 0 aliphatic rings. The molecule has 1 heterocycles. The Labute approximate surface area is 153 Å². The normalized spacial score (nSPS) is 11.5. The molecule has 0 saturated heterocycles. The van der Waals surface area contributed by atoms with Gasteiger partial charge in [0.25, 0.3) is 0 Å². The van der Waals surface area contributed by atoms with Gasteiger partial charge in [0.05, 0.1) is 6.54 Å². The fourth-order valence-electron chi connectivity index (χ4n) is 2.17. The summed E-state index contributed by atoms with van der Waals surface area (Å²) >= 11 is 5.96. The molecule has 25 heavy (non-hydrogen) atoms. The van der Waals surface area contributed by atoms with Crippen molar-refractivity contribution < 1.29 is 4.74 Å². The van der Waals surface area contributed by atoms with Gasteiger partial charge in [0.1, 0.15) is 24.7 Å². The van der Waals surface area contributed by atoms with E-state index >= 15 is 0 Å². The summed E-state index contributed by atoms with van der Waals surface area (Å²) in [6.07, 6.45) is 0. The van der Waals surface area contributed by atoms with Crippen LogP contribution in [0.1, 0.15) is 18.6 Å². The van der Waals surface area contributed by atoms with Gasteiger partial charge < -0.3 is 19.5 Å². The van der Waals surface area contributed by atoms with Crippen LogP contribution in [0.25, 0.3) is 0 Å². The van der Waals surface area contributed by atoms with Crippen molar-refractivity contribution in [3.05, 3.63) is 40.9 Å². The molecule has 136 valence electrons. The van der Waals surface area contributed by atoms with Crippen molar-refractivity contribution in [3.63, 3.8) is 0 Å². The average molecular weight is 365 g/mol. The molecule has 0 fully saturated rings. The van der Waals surface area contributed by atoms with E-state index in [0.717, 1.165) is 29.9 Å². The van der Waals surface area contributed by atoms with E-state index < -0.39 is 0 Å². The predicted octanol–water partition coefficient (Wildman–Crippen LogP) is 2.25. The molecule has 0 spiro atoms. The van der Waals surface area contributed by atoms with Gasteiger partial charge in [0.15, 0.2) is 11.8 Å². The lowest BCUT2D eigenvalue weighted by molar-refractivity contribution is 0.281. The van der Waals surface area contributed by atoms with Gasteiger partial charge in [-0.05, 0) is 32.0 Å². The Bertz CT molecular complexity index is 715. The Balaban J connectivity index is 1.91. The molecular weight excluding hydrogens is 340 g/mol. The number of ether oxygens (including phenoxy) is 1. The third-order valence-corrected chi connectivity index (χ3v) is 3.98. The number of nitrogens with zero attached hydrogens (tertiary/aromatic N) is 5. The lowest BCUT2D eigenvalue weighted by Gasteiger charge is -2.22. The monoisotopic (exact) mass is 364 g/mol. The van der Waals surface area contributed by atoms with E-state index in [9.17, 15) is 0 Å². The van der Waals surface area contributed by atoms with E-state index in [1.807, 2.05) is 55.6 Å². The fraction of sp³-hybridized carbons (Fsp3) is 0.471. The van der Waals surface area contributed by atoms with E-state index in [2.05, 4.69) is 20.5 Å². The minimum Gasteiger partial charge on any atom is -0.492 e. The minimum absolute atomic E-state index is 0.471. The summed E-state index contributed by atoms with van der Waals surface area (Å²) in [6.45, 7) is 6.44. The lowest BCUT2D eigenvalue weighted by Crippen LogP contribution is -2.40. The molecule has 2 rings (SSSR count). The molecule has 0 atom stereocenters. The molecule has 0 radical (unpaired) electrons. The van der Waals surface area contributed by atoms with E-state index in [1.54, 1.807) is 6.07 Å². The molecule has 0 unspecified atom stereocenters. The summed E-state index contributed by atoms with van der Waals surface area (Å²) in [5.74, 6) is 3.27. The summed E-state index contributed by atoms with van der Waals surface area (Å²) in [5, 5.41) is 12.1. The van der Waals surface area contributed by atoms with E-state index in [4.69, 9.17) is 16.3 Å². The molecule has 0 aliphatic heterocycles. The highest BCUT2D eigenvalue weighted by Crippen LogP contribution is 2.16. The van der Waals surface area contributed by atoms with Crippen molar-refractivity contribution in [1.82, 2.24) is 25.0 Å². The number of aliphatic imine (C=N–C) groups is 1. The van der Waals surface area contributed by atoms with Crippen molar-refractivity contribution in [2.45, 2.75) is 20.4 Å². The number of aromatic nitrogens is 3. The van der Waals surface area contributed by atoms with Crippen LogP contribution in [-0.4, -0.2) is 52.4 Å². The first-order chi connectivity index (χ1) is 12.0. The Morgan fingerprint density at radius 1 is 1.40 bits per heavy atom. The smallest absolute Gasteiger partial charge is 0.194 e. The second kappa shape index (κ2) is 9.27. The summed E-state index contributed by atoms with van der Waals surface area (Å²) in [5.41, 5.74) is 0. The molecule has 7 nitrogen and oxygen atoms in total. The number of halogens is 1. The van der Waals surface area contributed by atoms with Gasteiger partial charge in [-0.2, -0.15) is 0 Å². The number of guanidine groups is 1. The van der Waals surface area contributed by atoms with Crippen molar-refractivity contribution in [2.75, 3.05) is 26.7 Å². The van der Waals surface area contributed by atoms with Gasteiger partial charge >= 0.3 is 0 Å². The Hall–Kier alpha value is -2.28. The topological polar surface area (TPSA) is 67.6 Å². The van der Waals surface area contributed by atoms with Crippen molar-refractivity contribution in [1.29, 1.82) is 0 Å². The van der Waals surface area contributed by atoms with Gasteiger partial charge in [-0.15, -0.1) is 10.2 Å². The summed E-state index contributed by atoms with van der Waals surface area (Å²) < 4.78 is 7.68. The van der Waals surface area contributed by atoms with Gasteiger partial charge in [0, 0.05) is 25.7 Å². The molecule has 0 bridgehead atoms. The van der Waals surface area contributed by atoms with Gasteiger partial charge in [0.2, 0.25) is 0 Å². The maximum atomic E-state index is 5.96. The van der Waals surface area contributed by atoms with Crippen molar-refractivity contribution >= 4 is 17.6 Å². The zero-order valence-corrected chi connectivity index (χ0v) is 15.9. The van der Waals surface area contributed by atoms with Crippen LogP contribution in [0, 0.1) is 6.92 Å². The molecule has 0 aliphatic carbocycles. The number of hydrogen-bond donors (Lipinski definition) is 1. The quantitative estimate of drug-likeness (QED) is 0.603. The molecule has 1 aromatic heterocycles. The number of aryl methyl sites for hydroxylation is 1. The van der Waals surface area contributed by atoms with E-state index in [0.29, 0.717) is 24.7 Å². The molecule has 0 amide bonds. The number of nitrogens with one attached hydrogen (secondary N) is 1. The number of benzene rings is 1. The van der Waals surface area contributed by atoms with Crippen LogP contribution in [0.4, 0.5) is 0 Å². The van der Waals surface area contributed by atoms with Crippen LogP contribution < -0.4 is 10.1 Å².